The Labute approximate surface area is 94.2 Å². The maximum atomic E-state index is 10.9. The summed E-state index contributed by atoms with van der Waals surface area (Å²) >= 11 is 0. The van der Waals surface area contributed by atoms with Crippen molar-refractivity contribution in [2.45, 2.75) is 31.9 Å². The van der Waals surface area contributed by atoms with E-state index in [1.807, 2.05) is 0 Å². The first-order chi connectivity index (χ1) is 7.18. The van der Waals surface area contributed by atoms with Gasteiger partial charge in [-0.15, -0.1) is 0 Å². The summed E-state index contributed by atoms with van der Waals surface area (Å²) in [4.78, 5) is 0. The monoisotopic (exact) mass is 235 g/mol. The smallest absolute Gasteiger partial charge is 0.147 e. The van der Waals surface area contributed by atoms with Gasteiger partial charge in [0.2, 0.25) is 0 Å². The fourth-order valence-electron chi connectivity index (χ4n) is 1.44. The van der Waals surface area contributed by atoms with E-state index in [0.717, 1.165) is 31.7 Å². The van der Waals surface area contributed by atoms with Gasteiger partial charge in [0.25, 0.3) is 0 Å². The zero-order valence-electron chi connectivity index (χ0n) is 9.53. The highest BCUT2D eigenvalue weighted by atomic mass is 32.2. The Morgan fingerprint density at radius 1 is 1.60 bits per heavy atom. The molecule has 4 nitrogen and oxygen atoms in total. The molecule has 0 aromatic carbocycles. The predicted molar refractivity (Wildman–Crippen MR) is 61.3 cm³/mol. The second-order valence-corrected chi connectivity index (χ2v) is 5.53. The minimum atomic E-state index is -0.686. The molecule has 1 fully saturated rings. The average Bonchev–Trinajstić information content (AvgIpc) is 2.25. The van der Waals surface area contributed by atoms with E-state index in [1.54, 1.807) is 6.26 Å². The Balaban J connectivity index is 2.04. The van der Waals surface area contributed by atoms with Crippen molar-refractivity contribution in [1.29, 1.82) is 0 Å². The number of hydrogen-bond acceptors (Lipinski definition) is 4. The van der Waals surface area contributed by atoms with Crippen LogP contribution in [0.3, 0.4) is 0 Å². The van der Waals surface area contributed by atoms with E-state index in [4.69, 9.17) is 9.47 Å². The Hall–Kier alpha value is 0.0300. The molecule has 1 heterocycles. The largest absolute Gasteiger partial charge is 0.355 e. The molecule has 5 heteroatoms. The molecule has 1 saturated heterocycles. The topological polar surface area (TPSA) is 47.6 Å². The van der Waals surface area contributed by atoms with Gasteiger partial charge in [-0.2, -0.15) is 0 Å². The van der Waals surface area contributed by atoms with Gasteiger partial charge in [-0.05, 0) is 19.8 Å². The first kappa shape index (κ1) is 13.1. The van der Waals surface area contributed by atoms with E-state index in [-0.39, 0.29) is 6.10 Å². The van der Waals surface area contributed by atoms with E-state index in [2.05, 4.69) is 12.2 Å². The van der Waals surface area contributed by atoms with Crippen molar-refractivity contribution in [2.24, 2.45) is 0 Å². The van der Waals surface area contributed by atoms with E-state index >= 15 is 0 Å². The highest BCUT2D eigenvalue weighted by molar-refractivity contribution is 7.84. The summed E-state index contributed by atoms with van der Waals surface area (Å²) in [5.41, 5.74) is 0. The Bertz CT molecular complexity index is 195. The van der Waals surface area contributed by atoms with Gasteiger partial charge in [-0.3, -0.25) is 4.21 Å². The van der Waals surface area contributed by atoms with Gasteiger partial charge >= 0.3 is 0 Å². The van der Waals surface area contributed by atoms with Gasteiger partial charge in [0.1, 0.15) is 6.79 Å². The molecule has 15 heavy (non-hydrogen) atoms. The number of ether oxygens (including phenoxy) is 2. The van der Waals surface area contributed by atoms with Crippen LogP contribution < -0.4 is 5.32 Å². The molecule has 0 bridgehead atoms. The van der Waals surface area contributed by atoms with Crippen LogP contribution in [0, 0.1) is 0 Å². The molecule has 3 atom stereocenters. The second-order valence-electron chi connectivity index (χ2n) is 3.98. The van der Waals surface area contributed by atoms with Gasteiger partial charge < -0.3 is 14.8 Å². The zero-order chi connectivity index (χ0) is 11.1. The van der Waals surface area contributed by atoms with Crippen LogP contribution in [0.5, 0.6) is 0 Å². The summed E-state index contributed by atoms with van der Waals surface area (Å²) in [6.07, 6.45) is 3.92. The van der Waals surface area contributed by atoms with Crippen LogP contribution in [0.15, 0.2) is 0 Å². The first-order valence-electron chi connectivity index (χ1n) is 5.41. The Kier molecular flexibility index (Phi) is 6.40. The summed E-state index contributed by atoms with van der Waals surface area (Å²) in [6.45, 7) is 4.19. The summed E-state index contributed by atoms with van der Waals surface area (Å²) < 4.78 is 21.4. The van der Waals surface area contributed by atoms with Crippen LogP contribution in [-0.2, 0) is 20.3 Å². The lowest BCUT2D eigenvalue weighted by Crippen LogP contribution is -2.38. The molecule has 0 aliphatic carbocycles. The lowest BCUT2D eigenvalue weighted by Gasteiger charge is -2.24. The maximum absolute atomic E-state index is 10.9. The van der Waals surface area contributed by atoms with Crippen molar-refractivity contribution in [3.05, 3.63) is 0 Å². The molecular formula is C10H21NO3S. The molecule has 1 rings (SSSR count). The zero-order valence-corrected chi connectivity index (χ0v) is 10.3. The fourth-order valence-corrected chi connectivity index (χ4v) is 2.13. The third-order valence-electron chi connectivity index (χ3n) is 2.50. The van der Waals surface area contributed by atoms with Crippen molar-refractivity contribution in [1.82, 2.24) is 5.32 Å². The second kappa shape index (κ2) is 7.33. The van der Waals surface area contributed by atoms with E-state index < -0.39 is 10.8 Å². The van der Waals surface area contributed by atoms with Gasteiger partial charge in [0.05, 0.1) is 12.7 Å². The molecule has 0 aromatic rings. The van der Waals surface area contributed by atoms with Crippen molar-refractivity contribution < 1.29 is 13.7 Å². The minimum Gasteiger partial charge on any atom is -0.355 e. The molecule has 1 aliphatic rings. The lowest BCUT2D eigenvalue weighted by molar-refractivity contribution is -0.137. The van der Waals surface area contributed by atoms with Crippen LogP contribution >= 0.6 is 0 Å². The van der Waals surface area contributed by atoms with Crippen LogP contribution in [0.25, 0.3) is 0 Å². The van der Waals surface area contributed by atoms with E-state index in [9.17, 15) is 4.21 Å². The van der Waals surface area contributed by atoms with Gasteiger partial charge in [0, 0.05) is 35.4 Å². The van der Waals surface area contributed by atoms with Crippen LogP contribution in [0.2, 0.25) is 0 Å². The SMILES string of the molecule is CC(CCS(C)=O)NCC1CCOCO1. The molecular weight excluding hydrogens is 214 g/mol. The molecule has 3 unspecified atom stereocenters. The van der Waals surface area contributed by atoms with E-state index in [0.29, 0.717) is 12.8 Å². The highest BCUT2D eigenvalue weighted by Crippen LogP contribution is 2.05. The minimum absolute atomic E-state index is 0.272. The van der Waals surface area contributed by atoms with Crippen LogP contribution in [-0.4, -0.2) is 48.3 Å². The number of hydrogen-bond donors (Lipinski definition) is 1. The average molecular weight is 235 g/mol. The molecule has 0 saturated carbocycles. The third kappa shape index (κ3) is 6.25. The van der Waals surface area contributed by atoms with Crippen molar-refractivity contribution in [3.8, 4) is 0 Å². The molecule has 1 aliphatic heterocycles. The van der Waals surface area contributed by atoms with Crippen molar-refractivity contribution >= 4 is 10.8 Å². The fraction of sp³-hybridized carbons (Fsp3) is 1.00. The standard InChI is InChI=1S/C10H21NO3S/c1-9(4-6-15(2)12)11-7-10-3-5-13-8-14-10/h9-11H,3-8H2,1-2H3. The maximum Gasteiger partial charge on any atom is 0.147 e. The van der Waals surface area contributed by atoms with Crippen LogP contribution in [0.4, 0.5) is 0 Å². The summed E-state index contributed by atoms with van der Waals surface area (Å²) in [7, 11) is -0.686. The van der Waals surface area contributed by atoms with Gasteiger partial charge in [-0.1, -0.05) is 0 Å². The van der Waals surface area contributed by atoms with Crippen molar-refractivity contribution in [2.75, 3.05) is 32.0 Å². The molecule has 0 spiro atoms. The normalized spacial score (nSPS) is 26.1. The summed E-state index contributed by atoms with van der Waals surface area (Å²) in [5.74, 6) is 0.767. The first-order valence-corrected chi connectivity index (χ1v) is 7.14. The molecule has 0 radical (unpaired) electrons. The Morgan fingerprint density at radius 3 is 3.00 bits per heavy atom. The number of nitrogens with one attached hydrogen (secondary N) is 1. The molecule has 1 N–H and O–H groups in total. The van der Waals surface area contributed by atoms with Gasteiger partial charge in [-0.25, -0.2) is 0 Å². The highest BCUT2D eigenvalue weighted by Gasteiger charge is 2.14. The molecule has 0 aromatic heterocycles. The lowest BCUT2D eigenvalue weighted by atomic mass is 10.2. The number of rotatable bonds is 6. The quantitative estimate of drug-likeness (QED) is 0.728. The van der Waals surface area contributed by atoms with E-state index in [1.165, 1.54) is 0 Å². The van der Waals surface area contributed by atoms with Gasteiger partial charge in [0.15, 0.2) is 0 Å². The predicted octanol–water partition coefficient (Wildman–Crippen LogP) is 0.496. The summed E-state index contributed by atoms with van der Waals surface area (Å²) in [6, 6.07) is 0.403. The van der Waals surface area contributed by atoms with Crippen molar-refractivity contribution in [3.63, 3.8) is 0 Å². The Morgan fingerprint density at radius 2 is 2.40 bits per heavy atom. The summed E-state index contributed by atoms with van der Waals surface area (Å²) in [5, 5.41) is 3.39. The third-order valence-corrected chi connectivity index (χ3v) is 3.31. The van der Waals surface area contributed by atoms with Crippen LogP contribution in [0.1, 0.15) is 19.8 Å². The molecule has 0 amide bonds. The molecule has 90 valence electrons.